The molecule has 1 saturated carbocycles. The molecule has 0 spiro atoms. The third-order valence-corrected chi connectivity index (χ3v) is 5.17. The molecular formula is C21H21Cl2NO3. The second kappa shape index (κ2) is 9.25. The van der Waals surface area contributed by atoms with E-state index in [1.807, 2.05) is 0 Å². The maximum Gasteiger partial charge on any atom is 0.339 e. The van der Waals surface area contributed by atoms with E-state index in [1.165, 1.54) is 6.42 Å². The molecule has 0 bridgehead atoms. The Labute approximate surface area is 168 Å². The van der Waals surface area contributed by atoms with Crippen LogP contribution in [-0.2, 0) is 9.53 Å². The molecule has 2 aromatic rings. The SMILES string of the molecule is O=C(OC(C(=O)NC1CCCCC1)c1ccc(Cl)cc1)c1ccc(Cl)cc1. The first-order valence-electron chi connectivity index (χ1n) is 9.05. The topological polar surface area (TPSA) is 55.4 Å². The molecule has 1 aliphatic rings. The summed E-state index contributed by atoms with van der Waals surface area (Å²) < 4.78 is 5.57. The van der Waals surface area contributed by atoms with Crippen molar-refractivity contribution in [3.05, 3.63) is 69.7 Å². The highest BCUT2D eigenvalue weighted by atomic mass is 35.5. The molecule has 1 fully saturated rings. The third-order valence-electron chi connectivity index (χ3n) is 4.67. The maximum atomic E-state index is 12.9. The van der Waals surface area contributed by atoms with E-state index in [0.717, 1.165) is 25.7 Å². The van der Waals surface area contributed by atoms with Crippen LogP contribution in [-0.4, -0.2) is 17.9 Å². The Kier molecular flexibility index (Phi) is 6.75. The van der Waals surface area contributed by atoms with Gasteiger partial charge in [0.1, 0.15) is 0 Å². The summed E-state index contributed by atoms with van der Waals surface area (Å²) in [6, 6.07) is 13.2. The van der Waals surface area contributed by atoms with Gasteiger partial charge in [0.25, 0.3) is 5.91 Å². The van der Waals surface area contributed by atoms with E-state index in [0.29, 0.717) is 21.2 Å². The number of carbonyl (C=O) groups excluding carboxylic acids is 2. The molecule has 1 aliphatic carbocycles. The van der Waals surface area contributed by atoms with E-state index in [1.54, 1.807) is 48.5 Å². The van der Waals surface area contributed by atoms with Crippen LogP contribution < -0.4 is 5.32 Å². The van der Waals surface area contributed by atoms with Crippen LogP contribution in [0.1, 0.15) is 54.1 Å². The Hall–Kier alpha value is -2.04. The van der Waals surface area contributed by atoms with Gasteiger partial charge in [0.2, 0.25) is 6.10 Å². The molecule has 6 heteroatoms. The van der Waals surface area contributed by atoms with Crippen molar-refractivity contribution in [1.29, 1.82) is 0 Å². The Balaban J connectivity index is 1.78. The zero-order chi connectivity index (χ0) is 19.2. The number of carbonyl (C=O) groups is 2. The number of nitrogens with one attached hydrogen (secondary N) is 1. The summed E-state index contributed by atoms with van der Waals surface area (Å²) in [5, 5.41) is 4.10. The van der Waals surface area contributed by atoms with Crippen LogP contribution in [0.3, 0.4) is 0 Å². The number of hydrogen-bond donors (Lipinski definition) is 1. The Morgan fingerprint density at radius 1 is 0.889 bits per heavy atom. The van der Waals surface area contributed by atoms with Gasteiger partial charge in [-0.05, 0) is 49.2 Å². The van der Waals surface area contributed by atoms with Crippen LogP contribution in [0, 0.1) is 0 Å². The number of hydrogen-bond acceptors (Lipinski definition) is 3. The van der Waals surface area contributed by atoms with Gasteiger partial charge in [0, 0.05) is 21.7 Å². The lowest BCUT2D eigenvalue weighted by Gasteiger charge is -2.25. The maximum absolute atomic E-state index is 12.9. The zero-order valence-corrected chi connectivity index (χ0v) is 16.3. The molecule has 3 rings (SSSR count). The van der Waals surface area contributed by atoms with Gasteiger partial charge in [-0.25, -0.2) is 4.79 Å². The number of esters is 1. The standard InChI is InChI=1S/C21H21Cl2NO3/c22-16-10-6-14(7-11-16)19(20(25)24-18-4-2-1-3-5-18)27-21(26)15-8-12-17(23)13-9-15/h6-13,18-19H,1-5H2,(H,24,25). The lowest BCUT2D eigenvalue weighted by atomic mass is 9.95. The average molecular weight is 406 g/mol. The van der Waals surface area contributed by atoms with E-state index in [-0.39, 0.29) is 11.9 Å². The van der Waals surface area contributed by atoms with Gasteiger partial charge in [-0.1, -0.05) is 54.6 Å². The second-order valence-corrected chi connectivity index (χ2v) is 7.56. The van der Waals surface area contributed by atoms with Crippen LogP contribution in [0.4, 0.5) is 0 Å². The fourth-order valence-electron chi connectivity index (χ4n) is 3.20. The van der Waals surface area contributed by atoms with Gasteiger partial charge < -0.3 is 10.1 Å². The molecule has 0 heterocycles. The zero-order valence-electron chi connectivity index (χ0n) is 14.8. The number of rotatable bonds is 5. The minimum Gasteiger partial charge on any atom is -0.444 e. The van der Waals surface area contributed by atoms with Crippen molar-refractivity contribution < 1.29 is 14.3 Å². The Bertz CT molecular complexity index is 784. The average Bonchev–Trinajstić information content (AvgIpc) is 2.68. The minimum atomic E-state index is -1.03. The number of ether oxygens (including phenoxy) is 1. The summed E-state index contributed by atoms with van der Waals surface area (Å²) in [6.45, 7) is 0. The van der Waals surface area contributed by atoms with Crippen molar-refractivity contribution in [2.45, 2.75) is 44.2 Å². The van der Waals surface area contributed by atoms with Crippen LogP contribution in [0.2, 0.25) is 10.0 Å². The molecule has 0 aliphatic heterocycles. The number of benzene rings is 2. The van der Waals surface area contributed by atoms with E-state index >= 15 is 0 Å². The minimum absolute atomic E-state index is 0.121. The largest absolute Gasteiger partial charge is 0.444 e. The fraction of sp³-hybridized carbons (Fsp3) is 0.333. The molecule has 27 heavy (non-hydrogen) atoms. The summed E-state index contributed by atoms with van der Waals surface area (Å²) in [6.07, 6.45) is 4.25. The highest BCUT2D eigenvalue weighted by molar-refractivity contribution is 6.30. The molecule has 142 valence electrons. The third kappa shape index (κ3) is 5.47. The van der Waals surface area contributed by atoms with Gasteiger partial charge in [-0.15, -0.1) is 0 Å². The predicted octanol–water partition coefficient (Wildman–Crippen LogP) is 5.34. The molecule has 2 aromatic carbocycles. The van der Waals surface area contributed by atoms with Gasteiger partial charge in [-0.3, -0.25) is 4.79 Å². The van der Waals surface area contributed by atoms with Gasteiger partial charge >= 0.3 is 5.97 Å². The van der Waals surface area contributed by atoms with Crippen LogP contribution in [0.15, 0.2) is 48.5 Å². The first kappa shape index (κ1) is 19.7. The molecule has 1 N–H and O–H groups in total. The summed E-state index contributed by atoms with van der Waals surface area (Å²) in [7, 11) is 0. The van der Waals surface area contributed by atoms with E-state index in [2.05, 4.69) is 5.32 Å². The lowest BCUT2D eigenvalue weighted by molar-refractivity contribution is -0.131. The summed E-state index contributed by atoms with van der Waals surface area (Å²) in [5.41, 5.74) is 0.916. The van der Waals surface area contributed by atoms with Crippen LogP contribution >= 0.6 is 23.2 Å². The smallest absolute Gasteiger partial charge is 0.339 e. The Morgan fingerprint density at radius 3 is 2.04 bits per heavy atom. The summed E-state index contributed by atoms with van der Waals surface area (Å²) >= 11 is 11.8. The Morgan fingerprint density at radius 2 is 1.44 bits per heavy atom. The van der Waals surface area contributed by atoms with Crippen molar-refractivity contribution in [2.24, 2.45) is 0 Å². The number of halogens is 2. The van der Waals surface area contributed by atoms with Crippen molar-refractivity contribution in [3.63, 3.8) is 0 Å². The fourth-order valence-corrected chi connectivity index (χ4v) is 3.45. The van der Waals surface area contributed by atoms with Crippen LogP contribution in [0.25, 0.3) is 0 Å². The first-order chi connectivity index (χ1) is 13.0. The van der Waals surface area contributed by atoms with Crippen molar-refractivity contribution >= 4 is 35.1 Å². The molecule has 0 aromatic heterocycles. The molecule has 4 nitrogen and oxygen atoms in total. The van der Waals surface area contributed by atoms with Crippen molar-refractivity contribution in [1.82, 2.24) is 5.32 Å². The first-order valence-corrected chi connectivity index (χ1v) is 9.81. The molecule has 1 amide bonds. The highest BCUT2D eigenvalue weighted by Gasteiger charge is 2.28. The van der Waals surface area contributed by atoms with E-state index < -0.39 is 12.1 Å². The quantitative estimate of drug-likeness (QED) is 0.682. The van der Waals surface area contributed by atoms with Gasteiger partial charge in [0.05, 0.1) is 5.56 Å². The summed E-state index contributed by atoms with van der Waals surface area (Å²) in [5.74, 6) is -0.892. The van der Waals surface area contributed by atoms with Crippen molar-refractivity contribution in [2.75, 3.05) is 0 Å². The molecule has 0 radical (unpaired) electrons. The molecule has 0 saturated heterocycles. The molecule has 1 atom stereocenters. The summed E-state index contributed by atoms with van der Waals surface area (Å²) in [4.78, 5) is 25.4. The van der Waals surface area contributed by atoms with Gasteiger partial charge in [-0.2, -0.15) is 0 Å². The molecule has 1 unspecified atom stereocenters. The normalized spacial score (nSPS) is 15.8. The number of amides is 1. The monoisotopic (exact) mass is 405 g/mol. The lowest BCUT2D eigenvalue weighted by Crippen LogP contribution is -2.40. The highest BCUT2D eigenvalue weighted by Crippen LogP contribution is 2.24. The van der Waals surface area contributed by atoms with Crippen molar-refractivity contribution in [3.8, 4) is 0 Å². The molecular weight excluding hydrogens is 385 g/mol. The van der Waals surface area contributed by atoms with E-state index in [9.17, 15) is 9.59 Å². The van der Waals surface area contributed by atoms with Gasteiger partial charge in [0.15, 0.2) is 0 Å². The second-order valence-electron chi connectivity index (χ2n) is 6.69. The van der Waals surface area contributed by atoms with E-state index in [4.69, 9.17) is 27.9 Å². The predicted molar refractivity (Wildman–Crippen MR) is 106 cm³/mol. The van der Waals surface area contributed by atoms with Crippen LogP contribution in [0.5, 0.6) is 0 Å².